The van der Waals surface area contributed by atoms with Gasteiger partial charge in [0.2, 0.25) is 11.8 Å². The zero-order chi connectivity index (χ0) is 26.4. The van der Waals surface area contributed by atoms with Crippen LogP contribution in [0.25, 0.3) is 0 Å². The maximum absolute atomic E-state index is 12.8. The molecule has 0 aromatic rings. The number of amides is 2. The zero-order valence-corrected chi connectivity index (χ0v) is 21.4. The molecule has 0 unspecified atom stereocenters. The third kappa shape index (κ3) is 12.4. The van der Waals surface area contributed by atoms with Crippen molar-refractivity contribution in [1.29, 1.82) is 0 Å². The molecule has 35 heavy (non-hydrogen) atoms. The summed E-state index contributed by atoms with van der Waals surface area (Å²) >= 11 is 0. The fraction of sp³-hybridized carbons (Fsp3) is 0.714. The van der Waals surface area contributed by atoms with E-state index in [4.69, 9.17) is 17.2 Å². The van der Waals surface area contributed by atoms with Crippen LogP contribution in [0.2, 0.25) is 0 Å². The molecule has 14 heteroatoms. The van der Waals surface area contributed by atoms with Crippen molar-refractivity contribution in [2.75, 3.05) is 24.6 Å². The van der Waals surface area contributed by atoms with Gasteiger partial charge in [0.05, 0.1) is 30.7 Å². The highest BCUT2D eigenvalue weighted by molar-refractivity contribution is 8.76. The molecule has 5 atom stereocenters. The first kappa shape index (κ1) is 30.9. The Balaban J connectivity index is 3.01. The van der Waals surface area contributed by atoms with E-state index in [1.54, 1.807) is 0 Å². The van der Waals surface area contributed by atoms with E-state index in [0.29, 0.717) is 24.9 Å². The minimum atomic E-state index is -0.920. The Bertz CT molecular complexity index is 777. The van der Waals surface area contributed by atoms with Crippen LogP contribution < -0.4 is 27.8 Å². The molecule has 0 bridgehead atoms. The molecule has 0 aromatic heterocycles. The van der Waals surface area contributed by atoms with Crippen molar-refractivity contribution in [3.05, 3.63) is 0 Å². The second-order valence-electron chi connectivity index (χ2n) is 8.41. The van der Waals surface area contributed by atoms with Gasteiger partial charge in [-0.3, -0.25) is 24.2 Å². The first-order valence-electron chi connectivity index (χ1n) is 11.3. The van der Waals surface area contributed by atoms with E-state index in [1.807, 2.05) is 0 Å². The summed E-state index contributed by atoms with van der Waals surface area (Å²) in [5.74, 6) is -2.86. The van der Waals surface area contributed by atoms with Gasteiger partial charge in [0.1, 0.15) is 6.29 Å². The standard InChI is InChI=1S/C21H36N6O6S2/c1-12(29)17-11-35-34-10-16(22)18(31)8-13(3-2-5-25-21(23)24)19(32)26-9-15(30)7-14(4-6-28)20(33)27-17/h6,12-14,16-17,29H,2-5,7-11,22H2,1H3,(H,26,32)(H,27,33)(H4,23,24,25)/t12-,13-,14-,16+,17+/m1/s1. The monoisotopic (exact) mass is 532 g/mol. The average Bonchev–Trinajstić information content (AvgIpc) is 2.79. The zero-order valence-electron chi connectivity index (χ0n) is 19.8. The van der Waals surface area contributed by atoms with E-state index >= 15 is 0 Å². The number of nitrogens with two attached hydrogens (primary N) is 3. The van der Waals surface area contributed by atoms with Gasteiger partial charge in [-0.2, -0.15) is 0 Å². The number of hydrogen-bond acceptors (Lipinski definition) is 10. The SMILES string of the molecule is C[C@@H](O)[C@@H]1CSSC[C@H](N)C(=O)C[C@@H](CCCN=C(N)N)C(=O)NCC(=O)C[C@@H](CC=O)C(=O)N1. The van der Waals surface area contributed by atoms with Crippen LogP contribution in [0, 0.1) is 11.8 Å². The van der Waals surface area contributed by atoms with Crippen LogP contribution in [0.3, 0.4) is 0 Å². The number of Topliss-reactive ketones (excluding diaryl/α,β-unsaturated/α-hetero) is 2. The van der Waals surface area contributed by atoms with Crippen LogP contribution in [-0.4, -0.2) is 83.5 Å². The lowest BCUT2D eigenvalue weighted by molar-refractivity contribution is -0.133. The number of ketones is 2. The van der Waals surface area contributed by atoms with E-state index < -0.39 is 47.6 Å². The Labute approximate surface area is 212 Å². The van der Waals surface area contributed by atoms with Crippen molar-refractivity contribution in [3.8, 4) is 0 Å². The lowest BCUT2D eigenvalue weighted by atomic mass is 9.93. The smallest absolute Gasteiger partial charge is 0.224 e. The molecular weight excluding hydrogens is 496 g/mol. The second kappa shape index (κ2) is 16.5. The number of aliphatic imine (C=N–C) groups is 1. The summed E-state index contributed by atoms with van der Waals surface area (Å²) in [6, 6.07) is -1.43. The number of hydrogen-bond donors (Lipinski definition) is 6. The van der Waals surface area contributed by atoms with Gasteiger partial charge in [-0.1, -0.05) is 21.6 Å². The van der Waals surface area contributed by atoms with Gasteiger partial charge < -0.3 is 37.7 Å². The summed E-state index contributed by atoms with van der Waals surface area (Å²) in [6.45, 7) is 1.46. The number of guanidine groups is 1. The number of carbonyl (C=O) groups excluding carboxylic acids is 5. The molecule has 1 rings (SSSR count). The number of nitrogens with zero attached hydrogens (tertiary/aromatic N) is 1. The normalized spacial score (nSPS) is 26.7. The number of aldehydes is 1. The highest BCUT2D eigenvalue weighted by atomic mass is 33.1. The van der Waals surface area contributed by atoms with Crippen molar-refractivity contribution in [3.63, 3.8) is 0 Å². The maximum Gasteiger partial charge on any atom is 0.224 e. The van der Waals surface area contributed by atoms with Gasteiger partial charge in [-0.25, -0.2) is 0 Å². The van der Waals surface area contributed by atoms with E-state index in [2.05, 4.69) is 15.6 Å². The fourth-order valence-electron chi connectivity index (χ4n) is 3.28. The molecule has 2 amide bonds. The molecule has 1 heterocycles. The summed E-state index contributed by atoms with van der Waals surface area (Å²) in [5.41, 5.74) is 16.6. The molecule has 0 saturated carbocycles. The van der Waals surface area contributed by atoms with Crippen LogP contribution in [0.5, 0.6) is 0 Å². The summed E-state index contributed by atoms with van der Waals surface area (Å²) in [7, 11) is 2.65. The lowest BCUT2D eigenvalue weighted by Gasteiger charge is -2.23. The molecule has 12 nitrogen and oxygen atoms in total. The molecule has 198 valence electrons. The topological polar surface area (TPSA) is 220 Å². The van der Waals surface area contributed by atoms with Crippen LogP contribution >= 0.6 is 21.6 Å². The summed E-state index contributed by atoms with van der Waals surface area (Å²) in [6.07, 6.45) is -0.0907. The predicted molar refractivity (Wildman–Crippen MR) is 136 cm³/mol. The molecule has 1 aliphatic heterocycles. The van der Waals surface area contributed by atoms with Crippen LogP contribution in [-0.2, 0) is 24.0 Å². The Kier molecular flexibility index (Phi) is 14.6. The number of aliphatic hydroxyl groups is 1. The molecule has 0 radical (unpaired) electrons. The molecule has 0 aliphatic carbocycles. The van der Waals surface area contributed by atoms with Gasteiger partial charge >= 0.3 is 0 Å². The number of nitrogens with one attached hydrogen (secondary N) is 2. The fourth-order valence-corrected chi connectivity index (χ4v) is 5.77. The lowest BCUT2D eigenvalue weighted by Crippen LogP contribution is -2.47. The highest BCUT2D eigenvalue weighted by Gasteiger charge is 2.28. The molecule has 1 aliphatic rings. The van der Waals surface area contributed by atoms with Crippen LogP contribution in [0.15, 0.2) is 4.99 Å². The van der Waals surface area contributed by atoms with Crippen LogP contribution in [0.1, 0.15) is 39.0 Å². The molecule has 9 N–H and O–H groups in total. The van der Waals surface area contributed by atoms with Crippen molar-refractivity contribution in [1.82, 2.24) is 10.6 Å². The van der Waals surface area contributed by atoms with E-state index in [1.165, 1.54) is 28.5 Å². The molecule has 0 spiro atoms. The first-order chi connectivity index (χ1) is 16.5. The van der Waals surface area contributed by atoms with E-state index in [0.717, 1.165) is 0 Å². The summed E-state index contributed by atoms with van der Waals surface area (Å²) in [4.78, 5) is 65.5. The van der Waals surface area contributed by atoms with Crippen LogP contribution in [0.4, 0.5) is 0 Å². The molecule has 1 saturated heterocycles. The second-order valence-corrected chi connectivity index (χ2v) is 11.0. The summed E-state index contributed by atoms with van der Waals surface area (Å²) in [5, 5.41) is 15.3. The van der Waals surface area contributed by atoms with Crippen molar-refractivity contribution in [2.45, 2.75) is 57.2 Å². The highest BCUT2D eigenvalue weighted by Crippen LogP contribution is 2.25. The Morgan fingerprint density at radius 3 is 2.46 bits per heavy atom. The maximum atomic E-state index is 12.8. The van der Waals surface area contributed by atoms with Crippen molar-refractivity contribution >= 4 is 57.2 Å². The van der Waals surface area contributed by atoms with E-state index in [9.17, 15) is 29.1 Å². The number of rotatable bonds is 7. The Morgan fingerprint density at radius 2 is 1.83 bits per heavy atom. The number of carbonyl (C=O) groups is 5. The number of aliphatic hydroxyl groups excluding tert-OH is 1. The third-order valence-electron chi connectivity index (χ3n) is 5.41. The third-order valence-corrected chi connectivity index (χ3v) is 7.88. The molecular formula is C21H36N6O6S2. The molecule has 1 fully saturated rings. The summed E-state index contributed by atoms with van der Waals surface area (Å²) < 4.78 is 0. The predicted octanol–water partition coefficient (Wildman–Crippen LogP) is -1.52. The quantitative estimate of drug-likeness (QED) is 0.0727. The Hall–Kier alpha value is -2.16. The van der Waals surface area contributed by atoms with Gasteiger partial charge in [0, 0.05) is 43.2 Å². The van der Waals surface area contributed by atoms with Gasteiger partial charge in [0.25, 0.3) is 0 Å². The Morgan fingerprint density at radius 1 is 1.14 bits per heavy atom. The van der Waals surface area contributed by atoms with E-state index in [-0.39, 0.29) is 49.8 Å². The van der Waals surface area contributed by atoms with Gasteiger partial charge in [-0.05, 0) is 19.8 Å². The van der Waals surface area contributed by atoms with Gasteiger partial charge in [0.15, 0.2) is 17.5 Å². The minimum Gasteiger partial charge on any atom is -0.391 e. The van der Waals surface area contributed by atoms with Gasteiger partial charge in [-0.15, -0.1) is 0 Å². The molecule has 0 aromatic carbocycles. The van der Waals surface area contributed by atoms with Crippen molar-refractivity contribution < 1.29 is 29.1 Å². The minimum absolute atomic E-state index is 0.0756. The average molecular weight is 533 g/mol. The first-order valence-corrected chi connectivity index (χ1v) is 13.8. The van der Waals surface area contributed by atoms with Crippen molar-refractivity contribution in [2.24, 2.45) is 34.0 Å². The largest absolute Gasteiger partial charge is 0.391 e.